The van der Waals surface area contributed by atoms with Gasteiger partial charge in [0.2, 0.25) is 0 Å². The lowest BCUT2D eigenvalue weighted by molar-refractivity contribution is 0.415. The zero-order valence-electron chi connectivity index (χ0n) is 11.7. The Balaban J connectivity index is 2.29. The van der Waals surface area contributed by atoms with Crippen LogP contribution in [0.15, 0.2) is 24.3 Å². The SMILES string of the molecule is COc1cccc(-c2nc(CC(C)CN)[nH]c2C)c1. The highest BCUT2D eigenvalue weighted by Crippen LogP contribution is 2.25. The van der Waals surface area contributed by atoms with Crippen LogP contribution in [-0.2, 0) is 6.42 Å². The quantitative estimate of drug-likeness (QED) is 0.867. The number of benzene rings is 1. The number of methoxy groups -OCH3 is 1. The summed E-state index contributed by atoms with van der Waals surface area (Å²) >= 11 is 0. The van der Waals surface area contributed by atoms with Crippen LogP contribution < -0.4 is 10.5 Å². The Labute approximate surface area is 114 Å². The van der Waals surface area contributed by atoms with Crippen molar-refractivity contribution >= 4 is 0 Å². The molecule has 1 aromatic heterocycles. The van der Waals surface area contributed by atoms with Gasteiger partial charge in [0.05, 0.1) is 12.8 Å². The first-order valence-electron chi connectivity index (χ1n) is 6.54. The highest BCUT2D eigenvalue weighted by atomic mass is 16.5. The van der Waals surface area contributed by atoms with E-state index < -0.39 is 0 Å². The Kier molecular flexibility index (Phi) is 4.22. The minimum absolute atomic E-state index is 0.434. The lowest BCUT2D eigenvalue weighted by Gasteiger charge is -2.04. The average molecular weight is 259 g/mol. The van der Waals surface area contributed by atoms with Crippen molar-refractivity contribution in [2.24, 2.45) is 11.7 Å². The molecule has 1 heterocycles. The lowest BCUT2D eigenvalue weighted by atomic mass is 10.1. The highest BCUT2D eigenvalue weighted by Gasteiger charge is 2.11. The van der Waals surface area contributed by atoms with E-state index in [4.69, 9.17) is 10.5 Å². The Morgan fingerprint density at radius 1 is 1.42 bits per heavy atom. The lowest BCUT2D eigenvalue weighted by Crippen LogP contribution is -2.13. The van der Waals surface area contributed by atoms with E-state index in [1.165, 1.54) is 0 Å². The second-order valence-corrected chi connectivity index (χ2v) is 4.93. The topological polar surface area (TPSA) is 63.9 Å². The molecule has 0 spiro atoms. The summed E-state index contributed by atoms with van der Waals surface area (Å²) in [6.45, 7) is 4.84. The van der Waals surface area contributed by atoms with Gasteiger partial charge in [-0.1, -0.05) is 19.1 Å². The number of hydrogen-bond donors (Lipinski definition) is 2. The molecule has 4 nitrogen and oxygen atoms in total. The van der Waals surface area contributed by atoms with Gasteiger partial charge >= 0.3 is 0 Å². The number of hydrogen-bond acceptors (Lipinski definition) is 3. The normalized spacial score (nSPS) is 12.4. The predicted molar refractivity (Wildman–Crippen MR) is 77.2 cm³/mol. The van der Waals surface area contributed by atoms with Crippen LogP contribution in [0, 0.1) is 12.8 Å². The van der Waals surface area contributed by atoms with Gasteiger partial charge in [-0.2, -0.15) is 0 Å². The Morgan fingerprint density at radius 3 is 2.89 bits per heavy atom. The molecule has 0 saturated heterocycles. The molecule has 4 heteroatoms. The molecule has 102 valence electrons. The Morgan fingerprint density at radius 2 is 2.21 bits per heavy atom. The molecule has 1 unspecified atom stereocenters. The van der Waals surface area contributed by atoms with Crippen molar-refractivity contribution in [3.63, 3.8) is 0 Å². The molecule has 0 aliphatic heterocycles. The predicted octanol–water partition coefficient (Wildman–Crippen LogP) is 2.53. The van der Waals surface area contributed by atoms with Crippen molar-refractivity contribution in [1.82, 2.24) is 9.97 Å². The van der Waals surface area contributed by atoms with E-state index in [0.717, 1.165) is 34.9 Å². The van der Waals surface area contributed by atoms with E-state index in [1.807, 2.05) is 31.2 Å². The standard InChI is InChI=1S/C15H21N3O/c1-10(9-16)7-14-17-11(2)15(18-14)12-5-4-6-13(8-12)19-3/h4-6,8,10H,7,9,16H2,1-3H3,(H,17,18). The average Bonchev–Trinajstić information content (AvgIpc) is 2.79. The number of aromatic nitrogens is 2. The highest BCUT2D eigenvalue weighted by molar-refractivity contribution is 5.63. The first-order valence-corrected chi connectivity index (χ1v) is 6.54. The molecule has 0 aliphatic rings. The molecular formula is C15H21N3O. The van der Waals surface area contributed by atoms with Crippen LogP contribution in [0.3, 0.4) is 0 Å². The fourth-order valence-corrected chi connectivity index (χ4v) is 2.08. The summed E-state index contributed by atoms with van der Waals surface area (Å²) in [6.07, 6.45) is 0.876. The van der Waals surface area contributed by atoms with Crippen molar-refractivity contribution in [2.75, 3.05) is 13.7 Å². The maximum atomic E-state index is 5.66. The summed E-state index contributed by atoms with van der Waals surface area (Å²) in [7, 11) is 1.67. The number of ether oxygens (including phenoxy) is 1. The molecule has 3 N–H and O–H groups in total. The van der Waals surface area contributed by atoms with Gasteiger partial charge in [-0.3, -0.25) is 0 Å². The number of H-pyrrole nitrogens is 1. The summed E-state index contributed by atoms with van der Waals surface area (Å²) in [5.74, 6) is 2.27. The van der Waals surface area contributed by atoms with Crippen LogP contribution >= 0.6 is 0 Å². The van der Waals surface area contributed by atoms with E-state index in [2.05, 4.69) is 16.9 Å². The molecule has 0 amide bonds. The minimum Gasteiger partial charge on any atom is -0.497 e. The minimum atomic E-state index is 0.434. The van der Waals surface area contributed by atoms with E-state index in [0.29, 0.717) is 12.5 Å². The molecule has 0 bridgehead atoms. The molecule has 1 aromatic carbocycles. The third-order valence-electron chi connectivity index (χ3n) is 3.22. The second kappa shape index (κ2) is 5.89. The smallest absolute Gasteiger partial charge is 0.119 e. The zero-order valence-corrected chi connectivity index (χ0v) is 11.7. The van der Waals surface area contributed by atoms with Gasteiger partial charge in [0.1, 0.15) is 11.6 Å². The number of aryl methyl sites for hydroxylation is 1. The number of rotatable bonds is 5. The summed E-state index contributed by atoms with van der Waals surface area (Å²) in [5.41, 5.74) is 8.79. The molecule has 0 aliphatic carbocycles. The molecule has 2 aromatic rings. The van der Waals surface area contributed by atoms with E-state index >= 15 is 0 Å². The van der Waals surface area contributed by atoms with Crippen molar-refractivity contribution < 1.29 is 4.74 Å². The fraction of sp³-hybridized carbons (Fsp3) is 0.400. The summed E-state index contributed by atoms with van der Waals surface area (Å²) in [6, 6.07) is 7.95. The van der Waals surface area contributed by atoms with Gasteiger partial charge in [-0.15, -0.1) is 0 Å². The summed E-state index contributed by atoms with van der Waals surface area (Å²) in [4.78, 5) is 8.02. The molecule has 2 rings (SSSR count). The largest absolute Gasteiger partial charge is 0.497 e. The molecule has 0 saturated carbocycles. The number of imidazole rings is 1. The van der Waals surface area contributed by atoms with Crippen LogP contribution in [0.4, 0.5) is 0 Å². The maximum absolute atomic E-state index is 5.66. The fourth-order valence-electron chi connectivity index (χ4n) is 2.08. The third-order valence-corrected chi connectivity index (χ3v) is 3.22. The van der Waals surface area contributed by atoms with Gasteiger partial charge in [0.25, 0.3) is 0 Å². The number of nitrogens with one attached hydrogen (secondary N) is 1. The third kappa shape index (κ3) is 3.15. The van der Waals surface area contributed by atoms with Gasteiger partial charge in [0.15, 0.2) is 0 Å². The van der Waals surface area contributed by atoms with Gasteiger partial charge < -0.3 is 15.5 Å². The van der Waals surface area contributed by atoms with Crippen molar-refractivity contribution in [3.8, 4) is 17.0 Å². The van der Waals surface area contributed by atoms with E-state index in [-0.39, 0.29) is 0 Å². The van der Waals surface area contributed by atoms with Gasteiger partial charge in [-0.05, 0) is 31.5 Å². The first-order chi connectivity index (χ1) is 9.13. The summed E-state index contributed by atoms with van der Waals surface area (Å²) < 4.78 is 5.25. The van der Waals surface area contributed by atoms with Gasteiger partial charge in [0, 0.05) is 17.7 Å². The molecule has 19 heavy (non-hydrogen) atoms. The van der Waals surface area contributed by atoms with Gasteiger partial charge in [-0.25, -0.2) is 4.98 Å². The van der Waals surface area contributed by atoms with E-state index in [9.17, 15) is 0 Å². The maximum Gasteiger partial charge on any atom is 0.119 e. The van der Waals surface area contributed by atoms with E-state index in [1.54, 1.807) is 7.11 Å². The molecule has 0 radical (unpaired) electrons. The second-order valence-electron chi connectivity index (χ2n) is 4.93. The number of aromatic amines is 1. The van der Waals surface area contributed by atoms with Crippen LogP contribution in [0.25, 0.3) is 11.3 Å². The monoisotopic (exact) mass is 259 g/mol. The zero-order chi connectivity index (χ0) is 13.8. The number of nitrogens with two attached hydrogens (primary N) is 1. The Hall–Kier alpha value is -1.81. The molecule has 0 fully saturated rings. The van der Waals surface area contributed by atoms with Crippen LogP contribution in [-0.4, -0.2) is 23.6 Å². The van der Waals surface area contributed by atoms with Crippen LogP contribution in [0.1, 0.15) is 18.4 Å². The molecular weight excluding hydrogens is 238 g/mol. The first kappa shape index (κ1) is 13.6. The number of nitrogens with zero attached hydrogens (tertiary/aromatic N) is 1. The van der Waals surface area contributed by atoms with Crippen molar-refractivity contribution in [2.45, 2.75) is 20.3 Å². The van der Waals surface area contributed by atoms with Crippen molar-refractivity contribution in [3.05, 3.63) is 35.8 Å². The van der Waals surface area contributed by atoms with Crippen molar-refractivity contribution in [1.29, 1.82) is 0 Å². The summed E-state index contributed by atoms with van der Waals surface area (Å²) in [5, 5.41) is 0. The molecule has 1 atom stereocenters. The van der Waals surface area contributed by atoms with Crippen LogP contribution in [0.5, 0.6) is 5.75 Å². The van der Waals surface area contributed by atoms with Crippen LogP contribution in [0.2, 0.25) is 0 Å². The Bertz CT molecular complexity index is 548.